The van der Waals surface area contributed by atoms with Crippen LogP contribution in [0.25, 0.3) is 0 Å². The van der Waals surface area contributed by atoms with Gasteiger partial charge in [0.05, 0.1) is 0 Å². The van der Waals surface area contributed by atoms with Gasteiger partial charge >= 0.3 is 0 Å². The Morgan fingerprint density at radius 2 is 1.83 bits per heavy atom. The molecule has 1 rings (SSSR count). The van der Waals surface area contributed by atoms with Gasteiger partial charge in [-0.15, -0.1) is 0 Å². The molecular weight excluding hydrogens is 195 g/mol. The highest BCUT2D eigenvalue weighted by atomic mass is 35.5. The zero-order valence-electron chi connectivity index (χ0n) is 6.39. The second kappa shape index (κ2) is 4.39. The lowest BCUT2D eigenvalue weighted by molar-refractivity contribution is 0.363. The molecule has 0 saturated carbocycles. The summed E-state index contributed by atoms with van der Waals surface area (Å²) in [5.41, 5.74) is 0. The van der Waals surface area contributed by atoms with E-state index in [2.05, 4.69) is 6.58 Å². The van der Waals surface area contributed by atoms with Gasteiger partial charge in [-0.05, 0) is 18.2 Å². The van der Waals surface area contributed by atoms with Crippen LogP contribution in [0.2, 0.25) is 10.0 Å². The fourth-order valence-corrected chi connectivity index (χ4v) is 1.27. The van der Waals surface area contributed by atoms with Crippen LogP contribution in [-0.4, -0.2) is 6.61 Å². The van der Waals surface area contributed by atoms with Crippen LogP contribution in [0.4, 0.5) is 0 Å². The monoisotopic (exact) mass is 202 g/mol. The van der Waals surface area contributed by atoms with E-state index in [1.165, 1.54) is 0 Å². The van der Waals surface area contributed by atoms with E-state index in [0.29, 0.717) is 22.4 Å². The second-order valence-corrected chi connectivity index (χ2v) is 3.08. The Morgan fingerprint density at radius 3 is 2.33 bits per heavy atom. The molecule has 0 spiro atoms. The fourth-order valence-electron chi connectivity index (χ4n) is 0.767. The van der Waals surface area contributed by atoms with Crippen molar-refractivity contribution < 1.29 is 4.74 Å². The van der Waals surface area contributed by atoms with Crippen molar-refractivity contribution >= 4 is 23.2 Å². The van der Waals surface area contributed by atoms with Gasteiger partial charge in [-0.1, -0.05) is 35.9 Å². The first kappa shape index (κ1) is 9.43. The Bertz CT molecular complexity index is 264. The molecule has 0 aliphatic carbocycles. The standard InChI is InChI=1S/C9H8Cl2O/c1-2-3-12-9-5-7(10)4-8(11)6-9/h2,4-6H,1,3H2. The Hall–Kier alpha value is -0.660. The van der Waals surface area contributed by atoms with E-state index in [1.807, 2.05) is 0 Å². The van der Waals surface area contributed by atoms with Crippen LogP contribution in [-0.2, 0) is 0 Å². The average molecular weight is 203 g/mol. The maximum atomic E-state index is 5.74. The molecule has 1 nitrogen and oxygen atoms in total. The highest BCUT2D eigenvalue weighted by Crippen LogP contribution is 2.23. The first-order valence-electron chi connectivity index (χ1n) is 3.42. The van der Waals surface area contributed by atoms with Gasteiger partial charge in [-0.3, -0.25) is 0 Å². The lowest BCUT2D eigenvalue weighted by atomic mass is 10.3. The number of hydrogen-bond donors (Lipinski definition) is 0. The number of ether oxygens (including phenoxy) is 1. The van der Waals surface area contributed by atoms with E-state index in [9.17, 15) is 0 Å². The van der Waals surface area contributed by atoms with Crippen molar-refractivity contribution in [1.82, 2.24) is 0 Å². The lowest BCUT2D eigenvalue weighted by Gasteiger charge is -2.03. The van der Waals surface area contributed by atoms with Crippen LogP contribution < -0.4 is 4.74 Å². The van der Waals surface area contributed by atoms with Crippen molar-refractivity contribution in [3.8, 4) is 5.75 Å². The van der Waals surface area contributed by atoms with Gasteiger partial charge in [-0.2, -0.15) is 0 Å². The Labute approximate surface area is 81.6 Å². The topological polar surface area (TPSA) is 9.23 Å². The smallest absolute Gasteiger partial charge is 0.122 e. The van der Waals surface area contributed by atoms with Gasteiger partial charge in [0.1, 0.15) is 12.4 Å². The van der Waals surface area contributed by atoms with E-state index in [4.69, 9.17) is 27.9 Å². The molecule has 0 heterocycles. The summed E-state index contributed by atoms with van der Waals surface area (Å²) in [6, 6.07) is 5.07. The summed E-state index contributed by atoms with van der Waals surface area (Å²) >= 11 is 11.5. The van der Waals surface area contributed by atoms with Gasteiger partial charge in [0.25, 0.3) is 0 Å². The molecule has 0 atom stereocenters. The maximum absolute atomic E-state index is 5.74. The minimum absolute atomic E-state index is 0.455. The average Bonchev–Trinajstić information content (AvgIpc) is 1.99. The van der Waals surface area contributed by atoms with Crippen LogP contribution in [0.1, 0.15) is 0 Å². The van der Waals surface area contributed by atoms with E-state index in [0.717, 1.165) is 0 Å². The highest BCUT2D eigenvalue weighted by molar-refractivity contribution is 6.34. The predicted octanol–water partition coefficient (Wildman–Crippen LogP) is 3.56. The summed E-state index contributed by atoms with van der Waals surface area (Å²) < 4.78 is 5.23. The molecule has 0 fully saturated rings. The molecule has 12 heavy (non-hydrogen) atoms. The van der Waals surface area contributed by atoms with Crippen LogP contribution >= 0.6 is 23.2 Å². The first-order chi connectivity index (χ1) is 5.72. The largest absolute Gasteiger partial charge is 0.489 e. The third-order valence-corrected chi connectivity index (χ3v) is 1.64. The predicted molar refractivity (Wildman–Crippen MR) is 52.2 cm³/mol. The molecule has 0 unspecified atom stereocenters. The Kier molecular flexibility index (Phi) is 3.45. The van der Waals surface area contributed by atoms with Gasteiger partial charge in [0.15, 0.2) is 0 Å². The molecule has 64 valence electrons. The molecule has 0 aliphatic rings. The van der Waals surface area contributed by atoms with Crippen molar-refractivity contribution in [1.29, 1.82) is 0 Å². The van der Waals surface area contributed by atoms with E-state index in [-0.39, 0.29) is 0 Å². The van der Waals surface area contributed by atoms with Crippen molar-refractivity contribution in [2.75, 3.05) is 6.61 Å². The summed E-state index contributed by atoms with van der Waals surface area (Å²) in [7, 11) is 0. The van der Waals surface area contributed by atoms with Gasteiger partial charge in [-0.25, -0.2) is 0 Å². The summed E-state index contributed by atoms with van der Waals surface area (Å²) in [6.45, 7) is 3.98. The molecule has 1 aromatic carbocycles. The van der Waals surface area contributed by atoms with Crippen molar-refractivity contribution in [2.24, 2.45) is 0 Å². The van der Waals surface area contributed by atoms with Crippen LogP contribution in [0.5, 0.6) is 5.75 Å². The minimum Gasteiger partial charge on any atom is -0.489 e. The number of hydrogen-bond acceptors (Lipinski definition) is 1. The van der Waals surface area contributed by atoms with E-state index in [1.54, 1.807) is 24.3 Å². The molecule has 0 aliphatic heterocycles. The minimum atomic E-state index is 0.455. The number of halogens is 2. The van der Waals surface area contributed by atoms with Gasteiger partial charge < -0.3 is 4.74 Å². The third kappa shape index (κ3) is 2.76. The van der Waals surface area contributed by atoms with E-state index >= 15 is 0 Å². The van der Waals surface area contributed by atoms with Crippen LogP contribution in [0, 0.1) is 0 Å². The first-order valence-corrected chi connectivity index (χ1v) is 4.18. The zero-order chi connectivity index (χ0) is 8.97. The second-order valence-electron chi connectivity index (χ2n) is 2.20. The molecule has 0 N–H and O–H groups in total. The molecular formula is C9H8Cl2O. The van der Waals surface area contributed by atoms with Crippen LogP contribution in [0.3, 0.4) is 0 Å². The fraction of sp³-hybridized carbons (Fsp3) is 0.111. The maximum Gasteiger partial charge on any atom is 0.122 e. The summed E-state index contributed by atoms with van der Waals surface area (Å²) in [5.74, 6) is 0.660. The van der Waals surface area contributed by atoms with E-state index < -0.39 is 0 Å². The quantitative estimate of drug-likeness (QED) is 0.682. The van der Waals surface area contributed by atoms with Gasteiger partial charge in [0, 0.05) is 10.0 Å². The van der Waals surface area contributed by atoms with Crippen LogP contribution in [0.15, 0.2) is 30.9 Å². The SMILES string of the molecule is C=CCOc1cc(Cl)cc(Cl)c1. The summed E-state index contributed by atoms with van der Waals surface area (Å²) in [5, 5.41) is 1.14. The highest BCUT2D eigenvalue weighted by Gasteiger charge is 1.97. The molecule has 3 heteroatoms. The zero-order valence-corrected chi connectivity index (χ0v) is 7.90. The molecule has 0 radical (unpaired) electrons. The lowest BCUT2D eigenvalue weighted by Crippen LogP contribution is -1.92. The molecule has 0 bridgehead atoms. The Balaban J connectivity index is 2.78. The van der Waals surface area contributed by atoms with Crippen molar-refractivity contribution in [3.05, 3.63) is 40.9 Å². The normalized spacial score (nSPS) is 9.50. The third-order valence-electron chi connectivity index (χ3n) is 1.20. The number of rotatable bonds is 3. The molecule has 0 aromatic heterocycles. The number of benzene rings is 1. The summed E-state index contributed by atoms with van der Waals surface area (Å²) in [4.78, 5) is 0. The summed E-state index contributed by atoms with van der Waals surface area (Å²) in [6.07, 6.45) is 1.66. The Morgan fingerprint density at radius 1 is 1.25 bits per heavy atom. The molecule has 0 saturated heterocycles. The van der Waals surface area contributed by atoms with Crippen molar-refractivity contribution in [2.45, 2.75) is 0 Å². The van der Waals surface area contributed by atoms with Gasteiger partial charge in [0.2, 0.25) is 0 Å². The molecule has 1 aromatic rings. The van der Waals surface area contributed by atoms with Crippen molar-refractivity contribution in [3.63, 3.8) is 0 Å². The molecule has 0 amide bonds.